The quantitative estimate of drug-likeness (QED) is 0.535. The van der Waals surface area contributed by atoms with E-state index in [2.05, 4.69) is 6.58 Å². The highest BCUT2D eigenvalue weighted by molar-refractivity contribution is 5.16. The smallest absolute Gasteiger partial charge is 0.123 e. The van der Waals surface area contributed by atoms with Crippen LogP contribution in [0.3, 0.4) is 0 Å². The Balaban J connectivity index is 1.99. The molecular weight excluding hydrogens is 309 g/mol. The fraction of sp³-hybridized carbons (Fsp3) is 0.368. The van der Waals surface area contributed by atoms with Crippen molar-refractivity contribution in [1.29, 1.82) is 0 Å². The second-order valence-electron chi connectivity index (χ2n) is 5.79. The first kappa shape index (κ1) is 18.4. The van der Waals surface area contributed by atoms with E-state index in [1.54, 1.807) is 18.2 Å². The highest BCUT2D eigenvalue weighted by Gasteiger charge is 2.15. The first-order chi connectivity index (χ1) is 11.6. The Kier molecular flexibility index (Phi) is 7.18. The first-order valence-corrected chi connectivity index (χ1v) is 7.95. The minimum atomic E-state index is -0.624. The number of ether oxygens (including phenoxy) is 1. The highest BCUT2D eigenvalue weighted by atomic mass is 19.1. The molecule has 0 spiro atoms. The predicted molar refractivity (Wildman–Crippen MR) is 91.0 cm³/mol. The summed E-state index contributed by atoms with van der Waals surface area (Å²) >= 11 is 0. The molecule has 1 atom stereocenters. The van der Waals surface area contributed by atoms with Crippen LogP contribution < -0.4 is 0 Å². The van der Waals surface area contributed by atoms with Crippen molar-refractivity contribution in [2.45, 2.75) is 26.1 Å². The number of nitrogens with zero attached hydrogens (tertiary/aromatic N) is 1. The molecule has 0 aliphatic rings. The topological polar surface area (TPSA) is 45.8 Å². The molecule has 5 heteroatoms. The van der Waals surface area contributed by atoms with Crippen LogP contribution in [0.5, 0.6) is 0 Å². The predicted octanol–water partition coefficient (Wildman–Crippen LogP) is 3.29. The molecule has 0 aliphatic carbocycles. The molecule has 4 nitrogen and oxygen atoms in total. The number of hydrogen-bond donors (Lipinski definition) is 1. The van der Waals surface area contributed by atoms with E-state index in [0.29, 0.717) is 26.2 Å². The number of aliphatic hydroxyl groups excluding tert-OH is 1. The van der Waals surface area contributed by atoms with E-state index in [9.17, 15) is 9.50 Å². The maximum absolute atomic E-state index is 13.1. The number of aryl methyl sites for hydroxylation is 1. The lowest BCUT2D eigenvalue weighted by Gasteiger charge is -2.24. The van der Waals surface area contributed by atoms with Gasteiger partial charge in [-0.1, -0.05) is 18.2 Å². The molecule has 130 valence electrons. The Hall–Kier alpha value is -1.95. The summed E-state index contributed by atoms with van der Waals surface area (Å²) in [6.45, 7) is 7.69. The van der Waals surface area contributed by atoms with E-state index in [0.717, 1.165) is 17.1 Å². The molecule has 2 rings (SSSR count). The third-order valence-electron chi connectivity index (χ3n) is 3.51. The number of halogens is 1. The van der Waals surface area contributed by atoms with Gasteiger partial charge in [-0.05, 0) is 36.8 Å². The number of hydrogen-bond acceptors (Lipinski definition) is 4. The summed E-state index contributed by atoms with van der Waals surface area (Å²) in [5.74, 6) is 1.42. The van der Waals surface area contributed by atoms with Crippen LogP contribution in [0.15, 0.2) is 53.5 Å². The van der Waals surface area contributed by atoms with Gasteiger partial charge in [0.05, 0.1) is 25.9 Å². The molecule has 0 bridgehead atoms. The Morgan fingerprint density at radius 2 is 2.00 bits per heavy atom. The molecule has 0 saturated carbocycles. The molecule has 0 aliphatic heterocycles. The van der Waals surface area contributed by atoms with Gasteiger partial charge >= 0.3 is 0 Å². The van der Waals surface area contributed by atoms with Gasteiger partial charge in [0.15, 0.2) is 0 Å². The van der Waals surface area contributed by atoms with Crippen LogP contribution in [-0.2, 0) is 17.8 Å². The van der Waals surface area contributed by atoms with Gasteiger partial charge in [-0.2, -0.15) is 0 Å². The van der Waals surface area contributed by atoms with Crippen LogP contribution in [-0.4, -0.2) is 35.9 Å². The Bertz CT molecular complexity index is 624. The first-order valence-electron chi connectivity index (χ1n) is 7.95. The van der Waals surface area contributed by atoms with Crippen LogP contribution in [0.2, 0.25) is 0 Å². The second-order valence-corrected chi connectivity index (χ2v) is 5.79. The molecule has 2 aromatic rings. The van der Waals surface area contributed by atoms with Gasteiger partial charge in [0, 0.05) is 13.1 Å². The van der Waals surface area contributed by atoms with Crippen LogP contribution in [0, 0.1) is 12.7 Å². The van der Waals surface area contributed by atoms with Crippen molar-refractivity contribution in [2.24, 2.45) is 0 Å². The Morgan fingerprint density at radius 3 is 2.62 bits per heavy atom. The van der Waals surface area contributed by atoms with Crippen molar-refractivity contribution in [3.05, 3.63) is 72.0 Å². The minimum absolute atomic E-state index is 0.239. The zero-order chi connectivity index (χ0) is 17.4. The monoisotopic (exact) mass is 333 g/mol. The fourth-order valence-corrected chi connectivity index (χ4v) is 2.46. The van der Waals surface area contributed by atoms with Crippen LogP contribution in [0.4, 0.5) is 4.39 Å². The maximum Gasteiger partial charge on any atom is 0.123 e. The van der Waals surface area contributed by atoms with Gasteiger partial charge in [0.2, 0.25) is 0 Å². The molecule has 0 amide bonds. The summed E-state index contributed by atoms with van der Waals surface area (Å²) in [7, 11) is 0. The van der Waals surface area contributed by atoms with E-state index < -0.39 is 6.10 Å². The molecule has 1 aromatic heterocycles. The lowest BCUT2D eigenvalue weighted by Crippen LogP contribution is -2.34. The van der Waals surface area contributed by atoms with Crippen LogP contribution >= 0.6 is 0 Å². The maximum atomic E-state index is 13.1. The minimum Gasteiger partial charge on any atom is -0.465 e. The van der Waals surface area contributed by atoms with Gasteiger partial charge in [0.1, 0.15) is 17.3 Å². The van der Waals surface area contributed by atoms with E-state index in [-0.39, 0.29) is 12.4 Å². The van der Waals surface area contributed by atoms with E-state index in [1.165, 1.54) is 12.1 Å². The molecule has 1 heterocycles. The third-order valence-corrected chi connectivity index (χ3v) is 3.51. The van der Waals surface area contributed by atoms with Crippen molar-refractivity contribution in [2.75, 3.05) is 19.8 Å². The lowest BCUT2D eigenvalue weighted by molar-refractivity contribution is 0.0215. The summed E-state index contributed by atoms with van der Waals surface area (Å²) in [6, 6.07) is 10.2. The Labute approximate surface area is 142 Å². The van der Waals surface area contributed by atoms with Gasteiger partial charge in [-0.25, -0.2) is 4.39 Å². The summed E-state index contributed by atoms with van der Waals surface area (Å²) in [5.41, 5.74) is 0.971. The highest BCUT2D eigenvalue weighted by Crippen LogP contribution is 2.14. The van der Waals surface area contributed by atoms with E-state index in [4.69, 9.17) is 9.15 Å². The van der Waals surface area contributed by atoms with Crippen molar-refractivity contribution in [1.82, 2.24) is 4.90 Å². The lowest BCUT2D eigenvalue weighted by atomic mass is 10.2. The fourth-order valence-electron chi connectivity index (χ4n) is 2.46. The summed E-state index contributed by atoms with van der Waals surface area (Å²) in [4.78, 5) is 2.05. The SMILES string of the molecule is C=CCOCC(O)CN(Cc1ccc(F)cc1)Cc1ccc(C)o1. The third kappa shape index (κ3) is 6.28. The molecule has 24 heavy (non-hydrogen) atoms. The van der Waals surface area contributed by atoms with Gasteiger partial charge < -0.3 is 14.3 Å². The normalized spacial score (nSPS) is 12.5. The average Bonchev–Trinajstić information content (AvgIpc) is 2.95. The number of benzene rings is 1. The molecule has 1 aromatic carbocycles. The number of aliphatic hydroxyl groups is 1. The van der Waals surface area contributed by atoms with Crippen molar-refractivity contribution in [3.8, 4) is 0 Å². The molecule has 1 N–H and O–H groups in total. The summed E-state index contributed by atoms with van der Waals surface area (Å²) in [5, 5.41) is 10.2. The van der Waals surface area contributed by atoms with Gasteiger partial charge in [-0.15, -0.1) is 6.58 Å². The van der Waals surface area contributed by atoms with Gasteiger partial charge in [-0.3, -0.25) is 4.90 Å². The van der Waals surface area contributed by atoms with Gasteiger partial charge in [0.25, 0.3) is 0 Å². The zero-order valence-corrected chi connectivity index (χ0v) is 14.0. The molecule has 0 fully saturated rings. The second kappa shape index (κ2) is 9.37. The summed E-state index contributed by atoms with van der Waals surface area (Å²) < 4.78 is 24.0. The van der Waals surface area contributed by atoms with Crippen LogP contribution in [0.25, 0.3) is 0 Å². The van der Waals surface area contributed by atoms with E-state index >= 15 is 0 Å². The standard InChI is InChI=1S/C19H24FNO3/c1-3-10-23-14-18(22)12-21(13-19-9-4-15(2)24-19)11-16-5-7-17(20)8-6-16/h3-9,18,22H,1,10-14H2,2H3. The van der Waals surface area contributed by atoms with Crippen LogP contribution in [0.1, 0.15) is 17.1 Å². The van der Waals surface area contributed by atoms with Crippen molar-refractivity contribution in [3.63, 3.8) is 0 Å². The Morgan fingerprint density at radius 1 is 1.25 bits per heavy atom. The summed E-state index contributed by atoms with van der Waals surface area (Å²) in [6.07, 6.45) is 1.02. The largest absolute Gasteiger partial charge is 0.465 e. The zero-order valence-electron chi connectivity index (χ0n) is 14.0. The van der Waals surface area contributed by atoms with Crippen molar-refractivity contribution >= 4 is 0 Å². The van der Waals surface area contributed by atoms with E-state index in [1.807, 2.05) is 24.0 Å². The molecular formula is C19H24FNO3. The number of rotatable bonds is 10. The number of furan rings is 1. The average molecular weight is 333 g/mol. The van der Waals surface area contributed by atoms with Crippen molar-refractivity contribution < 1.29 is 18.7 Å². The molecule has 0 radical (unpaired) electrons. The molecule has 0 saturated heterocycles. The molecule has 1 unspecified atom stereocenters.